The van der Waals surface area contributed by atoms with Crippen LogP contribution in [-0.4, -0.2) is 18.4 Å². The van der Waals surface area contributed by atoms with E-state index in [-0.39, 0.29) is 18.4 Å². The van der Waals surface area contributed by atoms with Gasteiger partial charge in [0.25, 0.3) is 0 Å². The van der Waals surface area contributed by atoms with E-state index in [1.54, 1.807) is 42.5 Å². The molecule has 0 aromatic heterocycles. The minimum atomic E-state index is -0.237. The van der Waals surface area contributed by atoms with E-state index >= 15 is 0 Å². The zero-order chi connectivity index (χ0) is 21.3. The smallest absolute Gasteiger partial charge is 0.243 e. The van der Waals surface area contributed by atoms with Crippen LogP contribution in [0.15, 0.2) is 72.8 Å². The van der Waals surface area contributed by atoms with Gasteiger partial charge in [0.1, 0.15) is 0 Å². The number of anilines is 3. The second kappa shape index (κ2) is 10.7. The molecule has 0 bridgehead atoms. The van der Waals surface area contributed by atoms with E-state index in [2.05, 4.69) is 16.0 Å². The monoisotopic (exact) mass is 441 g/mol. The van der Waals surface area contributed by atoms with Gasteiger partial charge in [0, 0.05) is 33.5 Å². The van der Waals surface area contributed by atoms with E-state index < -0.39 is 0 Å². The second-order valence-corrected chi connectivity index (χ2v) is 7.55. The molecule has 0 aliphatic carbocycles. The molecule has 154 valence electrons. The van der Waals surface area contributed by atoms with Crippen LogP contribution in [0.1, 0.15) is 12.0 Å². The number of hydrogen-bond acceptors (Lipinski definition) is 3. The third-order valence-corrected chi connectivity index (χ3v) is 4.67. The second-order valence-electron chi connectivity index (χ2n) is 6.67. The SMILES string of the molecule is O=C(CCc1ccccc1)Nc1cccc(NC(=O)CNc2cc(Cl)cc(Cl)c2)c1. The number of aryl methyl sites for hydroxylation is 1. The Balaban J connectivity index is 1.49. The van der Waals surface area contributed by atoms with Crippen molar-refractivity contribution in [2.24, 2.45) is 0 Å². The highest BCUT2D eigenvalue weighted by atomic mass is 35.5. The highest BCUT2D eigenvalue weighted by molar-refractivity contribution is 6.35. The molecule has 0 aliphatic rings. The van der Waals surface area contributed by atoms with Gasteiger partial charge in [-0.2, -0.15) is 0 Å². The Morgan fingerprint density at radius 2 is 1.33 bits per heavy atom. The molecule has 3 rings (SSSR count). The van der Waals surface area contributed by atoms with Crippen molar-refractivity contribution < 1.29 is 9.59 Å². The van der Waals surface area contributed by atoms with Gasteiger partial charge in [0.2, 0.25) is 11.8 Å². The average molecular weight is 442 g/mol. The van der Waals surface area contributed by atoms with Crippen LogP contribution < -0.4 is 16.0 Å². The molecule has 0 saturated heterocycles. The molecule has 0 radical (unpaired) electrons. The summed E-state index contributed by atoms with van der Waals surface area (Å²) in [5.74, 6) is -0.319. The fourth-order valence-electron chi connectivity index (χ4n) is 2.84. The van der Waals surface area contributed by atoms with Crippen molar-refractivity contribution in [1.82, 2.24) is 0 Å². The molecular formula is C23H21Cl2N3O2. The van der Waals surface area contributed by atoms with Gasteiger partial charge in [-0.3, -0.25) is 9.59 Å². The molecule has 5 nitrogen and oxygen atoms in total. The minimum absolute atomic E-state index is 0.0460. The highest BCUT2D eigenvalue weighted by Gasteiger charge is 2.07. The first kappa shape index (κ1) is 21.7. The van der Waals surface area contributed by atoms with Gasteiger partial charge >= 0.3 is 0 Å². The Morgan fingerprint density at radius 3 is 2.00 bits per heavy atom. The standard InChI is InChI=1S/C23H21Cl2N3O2/c24-17-11-18(25)13-21(12-17)26-15-23(30)28-20-8-4-7-19(14-20)27-22(29)10-9-16-5-2-1-3-6-16/h1-8,11-14,26H,9-10,15H2,(H,27,29)(H,28,30). The van der Waals surface area contributed by atoms with Crippen LogP contribution in [0.2, 0.25) is 10.0 Å². The molecule has 0 spiro atoms. The predicted octanol–water partition coefficient (Wildman–Crippen LogP) is 5.62. The molecule has 0 fully saturated rings. The Kier molecular flexibility index (Phi) is 7.71. The number of nitrogens with one attached hydrogen (secondary N) is 3. The Morgan fingerprint density at radius 1 is 0.700 bits per heavy atom. The predicted molar refractivity (Wildman–Crippen MR) is 123 cm³/mol. The number of carbonyl (C=O) groups is 2. The van der Waals surface area contributed by atoms with Gasteiger partial charge in [-0.1, -0.05) is 59.6 Å². The summed E-state index contributed by atoms with van der Waals surface area (Å²) in [6, 6.07) is 21.9. The van der Waals surface area contributed by atoms with Crippen molar-refractivity contribution in [3.05, 3.63) is 88.4 Å². The first-order valence-electron chi connectivity index (χ1n) is 9.41. The van der Waals surface area contributed by atoms with Gasteiger partial charge < -0.3 is 16.0 Å². The van der Waals surface area contributed by atoms with Crippen LogP contribution in [0, 0.1) is 0 Å². The van der Waals surface area contributed by atoms with Gasteiger partial charge in [0.05, 0.1) is 6.54 Å². The molecule has 2 amide bonds. The molecule has 3 aromatic carbocycles. The minimum Gasteiger partial charge on any atom is -0.376 e. The molecule has 3 N–H and O–H groups in total. The summed E-state index contributed by atoms with van der Waals surface area (Å²) in [4.78, 5) is 24.4. The van der Waals surface area contributed by atoms with E-state index in [1.165, 1.54) is 0 Å². The molecule has 0 unspecified atom stereocenters. The van der Waals surface area contributed by atoms with E-state index in [0.29, 0.717) is 39.9 Å². The van der Waals surface area contributed by atoms with Gasteiger partial charge in [-0.25, -0.2) is 0 Å². The summed E-state index contributed by atoms with van der Waals surface area (Å²) in [5, 5.41) is 9.60. The summed E-state index contributed by atoms with van der Waals surface area (Å²) in [7, 11) is 0. The first-order chi connectivity index (χ1) is 14.5. The van der Waals surface area contributed by atoms with Gasteiger partial charge in [0.15, 0.2) is 0 Å². The van der Waals surface area contributed by atoms with Gasteiger partial charge in [-0.15, -0.1) is 0 Å². The lowest BCUT2D eigenvalue weighted by Gasteiger charge is -2.10. The zero-order valence-corrected chi connectivity index (χ0v) is 17.6. The summed E-state index contributed by atoms with van der Waals surface area (Å²) < 4.78 is 0. The fourth-order valence-corrected chi connectivity index (χ4v) is 3.37. The molecular weight excluding hydrogens is 421 g/mol. The molecule has 30 heavy (non-hydrogen) atoms. The quantitative estimate of drug-likeness (QED) is 0.424. The van der Waals surface area contributed by atoms with Crippen molar-refractivity contribution in [3.8, 4) is 0 Å². The topological polar surface area (TPSA) is 70.2 Å². The van der Waals surface area contributed by atoms with Crippen molar-refractivity contribution in [2.75, 3.05) is 22.5 Å². The molecule has 0 heterocycles. The van der Waals surface area contributed by atoms with Crippen molar-refractivity contribution in [3.63, 3.8) is 0 Å². The van der Waals surface area contributed by atoms with Crippen LogP contribution in [-0.2, 0) is 16.0 Å². The lowest BCUT2D eigenvalue weighted by molar-refractivity contribution is -0.116. The van der Waals surface area contributed by atoms with E-state index in [4.69, 9.17) is 23.2 Å². The van der Waals surface area contributed by atoms with Crippen LogP contribution in [0.4, 0.5) is 17.1 Å². The summed E-state index contributed by atoms with van der Waals surface area (Å²) >= 11 is 11.9. The summed E-state index contributed by atoms with van der Waals surface area (Å²) in [6.07, 6.45) is 1.05. The first-order valence-corrected chi connectivity index (χ1v) is 10.2. The fraction of sp³-hybridized carbons (Fsp3) is 0.130. The maximum absolute atomic E-state index is 12.2. The van der Waals surface area contributed by atoms with Crippen LogP contribution >= 0.6 is 23.2 Å². The lowest BCUT2D eigenvalue weighted by Crippen LogP contribution is -2.21. The van der Waals surface area contributed by atoms with E-state index in [1.807, 2.05) is 30.3 Å². The van der Waals surface area contributed by atoms with Crippen molar-refractivity contribution in [2.45, 2.75) is 12.8 Å². The zero-order valence-electron chi connectivity index (χ0n) is 16.1. The molecule has 0 saturated carbocycles. The Labute approximate surface area is 185 Å². The highest BCUT2D eigenvalue weighted by Crippen LogP contribution is 2.22. The molecule has 3 aromatic rings. The summed E-state index contributed by atoms with van der Waals surface area (Å²) in [6.45, 7) is 0.0460. The van der Waals surface area contributed by atoms with Crippen LogP contribution in [0.3, 0.4) is 0 Å². The number of carbonyl (C=O) groups excluding carboxylic acids is 2. The van der Waals surface area contributed by atoms with E-state index in [0.717, 1.165) is 5.56 Å². The normalized spacial score (nSPS) is 10.3. The maximum atomic E-state index is 12.2. The van der Waals surface area contributed by atoms with Gasteiger partial charge in [-0.05, 0) is 48.4 Å². The molecule has 0 atom stereocenters. The number of amides is 2. The number of halogens is 2. The number of rotatable bonds is 8. The molecule has 7 heteroatoms. The largest absolute Gasteiger partial charge is 0.376 e. The average Bonchev–Trinajstić information content (AvgIpc) is 2.71. The summed E-state index contributed by atoms with van der Waals surface area (Å²) in [5.41, 5.74) is 2.98. The third-order valence-electron chi connectivity index (χ3n) is 4.23. The van der Waals surface area contributed by atoms with Crippen molar-refractivity contribution in [1.29, 1.82) is 0 Å². The Bertz CT molecular complexity index is 1010. The molecule has 0 aliphatic heterocycles. The lowest BCUT2D eigenvalue weighted by atomic mass is 10.1. The maximum Gasteiger partial charge on any atom is 0.243 e. The van der Waals surface area contributed by atoms with E-state index in [9.17, 15) is 9.59 Å². The number of benzene rings is 3. The van der Waals surface area contributed by atoms with Crippen LogP contribution in [0.25, 0.3) is 0 Å². The van der Waals surface area contributed by atoms with Crippen LogP contribution in [0.5, 0.6) is 0 Å². The Hall–Kier alpha value is -3.02. The van der Waals surface area contributed by atoms with Crippen molar-refractivity contribution >= 4 is 52.1 Å². The number of hydrogen-bond donors (Lipinski definition) is 3. The third kappa shape index (κ3) is 7.10.